The Labute approximate surface area is 258 Å². The van der Waals surface area contributed by atoms with Crippen LogP contribution in [0.1, 0.15) is 92.4 Å². The summed E-state index contributed by atoms with van der Waals surface area (Å²) in [5.74, 6) is -4.53. The Bertz CT molecular complexity index is 1300. The molecule has 3 fully saturated rings. The predicted molar refractivity (Wildman–Crippen MR) is 158 cm³/mol. The Morgan fingerprint density at radius 2 is 1.89 bits per heavy atom. The number of ether oxygens (including phenoxy) is 1. The van der Waals surface area contributed by atoms with Gasteiger partial charge in [-0.1, -0.05) is 38.8 Å². The molecule has 4 aliphatic rings. The van der Waals surface area contributed by atoms with Crippen LogP contribution in [-0.4, -0.2) is 69.1 Å². The molecule has 10 nitrogen and oxygen atoms in total. The molecule has 0 radical (unpaired) electrons. The highest BCUT2D eigenvalue weighted by atomic mass is 19.1. The first kappa shape index (κ1) is 34.0. The van der Waals surface area contributed by atoms with E-state index in [0.29, 0.717) is 31.3 Å². The second-order valence-corrected chi connectivity index (χ2v) is 14.1. The van der Waals surface area contributed by atoms with E-state index in [9.17, 15) is 34.2 Å². The fourth-order valence-electron chi connectivity index (χ4n) is 9.05. The van der Waals surface area contributed by atoms with Gasteiger partial charge in [0, 0.05) is 29.6 Å². The number of carbonyl (C=O) groups excluding carboxylic acids is 5. The summed E-state index contributed by atoms with van der Waals surface area (Å²) < 4.78 is 22.8. The first-order valence-corrected chi connectivity index (χ1v) is 15.7. The molecule has 0 aromatic heterocycles. The lowest BCUT2D eigenvalue weighted by atomic mass is 9.44. The Balaban J connectivity index is 1.53. The third-order valence-electron chi connectivity index (χ3n) is 11.4. The summed E-state index contributed by atoms with van der Waals surface area (Å²) in [4.78, 5) is 62.7. The molecule has 4 aliphatic carbocycles. The number of esters is 1. The molecule has 3 saturated carbocycles. The van der Waals surface area contributed by atoms with Crippen LogP contribution in [-0.2, 0) is 28.7 Å². The zero-order valence-corrected chi connectivity index (χ0v) is 26.4. The number of rotatable bonds is 11. The van der Waals surface area contributed by atoms with Crippen molar-refractivity contribution < 1.29 is 43.3 Å². The van der Waals surface area contributed by atoms with E-state index < -0.39 is 81.7 Å². The minimum Gasteiger partial charge on any atom is -0.456 e. The van der Waals surface area contributed by atoms with E-state index in [-0.39, 0.29) is 37.9 Å². The quantitative estimate of drug-likeness (QED) is 0.256. The maximum Gasteiger partial charge on any atom is 0.331 e. The summed E-state index contributed by atoms with van der Waals surface area (Å²) >= 11 is 0. The topological polar surface area (TPSA) is 173 Å². The van der Waals surface area contributed by atoms with Crippen molar-refractivity contribution in [3.8, 4) is 0 Å². The number of ketones is 2. The van der Waals surface area contributed by atoms with Crippen molar-refractivity contribution in [2.45, 2.75) is 115 Å². The SMILES string of the molecule is CCCC(C)(NC(=O)CCCC(N)=O)C(=O)OCC(=O)[C@@]1(O)[C@H](C)C[C@H]2[C@@H]3CCC4=CC(=O)C=C[C@]4(C)[C@@]3(F)[C@@H](O)C[C@@]21C. The predicted octanol–water partition coefficient (Wildman–Crippen LogP) is 2.78. The average molecular weight is 619 g/mol. The molecule has 244 valence electrons. The van der Waals surface area contributed by atoms with Gasteiger partial charge in [-0.05, 0) is 76.4 Å². The number of hydrogen-bond donors (Lipinski definition) is 4. The maximum absolute atomic E-state index is 17.4. The van der Waals surface area contributed by atoms with Crippen LogP contribution in [0.2, 0.25) is 0 Å². The maximum atomic E-state index is 17.4. The fourth-order valence-corrected chi connectivity index (χ4v) is 9.05. The van der Waals surface area contributed by atoms with E-state index >= 15 is 4.39 Å². The summed E-state index contributed by atoms with van der Waals surface area (Å²) in [7, 11) is 0. The number of allylic oxidation sites excluding steroid dienone is 4. The summed E-state index contributed by atoms with van der Waals surface area (Å²) in [5, 5.41) is 26.3. The number of nitrogens with two attached hydrogens (primary N) is 1. The number of aliphatic hydroxyl groups is 2. The minimum atomic E-state index is -2.10. The van der Waals surface area contributed by atoms with E-state index in [2.05, 4.69) is 5.32 Å². The Hall–Kier alpha value is -2.92. The van der Waals surface area contributed by atoms with Crippen molar-refractivity contribution in [1.82, 2.24) is 5.32 Å². The Kier molecular flexibility index (Phi) is 9.09. The van der Waals surface area contributed by atoms with Gasteiger partial charge in [-0.3, -0.25) is 19.2 Å². The summed E-state index contributed by atoms with van der Waals surface area (Å²) in [6, 6.07) is 0. The second kappa shape index (κ2) is 11.8. The normalized spacial score (nSPS) is 38.8. The smallest absolute Gasteiger partial charge is 0.331 e. The van der Waals surface area contributed by atoms with Crippen LogP contribution in [0.5, 0.6) is 0 Å². The van der Waals surface area contributed by atoms with Gasteiger partial charge >= 0.3 is 5.97 Å². The number of Topliss-reactive ketones (excluding diaryl/α,β-unsaturated/α-hetero) is 1. The van der Waals surface area contributed by atoms with Crippen LogP contribution >= 0.6 is 0 Å². The second-order valence-electron chi connectivity index (χ2n) is 14.1. The fraction of sp³-hybridized carbons (Fsp3) is 0.727. The van der Waals surface area contributed by atoms with Gasteiger partial charge in [0.15, 0.2) is 18.1 Å². The minimum absolute atomic E-state index is 0.0204. The molecular formula is C33H47FN2O8. The standard InChI is InChI=1S/C33H47FN2O8/c1-6-13-31(5,36-27(41)9-7-8-26(35)40)28(42)44-18-25(39)33(43)19(2)15-23-22-11-10-20-16-21(37)12-14-29(20,3)32(22,34)24(38)17-30(23,33)4/h12,14,16,19,22-24,38,43H,6-11,13,15,17-18H2,1-5H3,(H2,35,40)(H,36,41)/t19-,22+,23+,24+,29+,30+,31?,32+,33+/m1/s1. The van der Waals surface area contributed by atoms with E-state index in [1.165, 1.54) is 19.1 Å². The van der Waals surface area contributed by atoms with Gasteiger partial charge in [0.05, 0.1) is 6.10 Å². The largest absolute Gasteiger partial charge is 0.456 e. The molecule has 0 spiro atoms. The lowest BCUT2D eigenvalue weighted by Crippen LogP contribution is -2.69. The van der Waals surface area contributed by atoms with Crippen molar-refractivity contribution in [2.75, 3.05) is 6.61 Å². The molecule has 0 aromatic rings. The van der Waals surface area contributed by atoms with Gasteiger partial charge in [0.25, 0.3) is 0 Å². The molecule has 44 heavy (non-hydrogen) atoms. The molecular weight excluding hydrogens is 571 g/mol. The summed E-state index contributed by atoms with van der Waals surface area (Å²) in [5.41, 5.74) is -2.17. The number of alkyl halides is 1. The Morgan fingerprint density at radius 3 is 2.52 bits per heavy atom. The number of fused-ring (bicyclic) bond motifs is 5. The summed E-state index contributed by atoms with van der Waals surface area (Å²) in [6.45, 7) is 7.71. The van der Waals surface area contributed by atoms with E-state index in [0.717, 1.165) is 0 Å². The van der Waals surface area contributed by atoms with Gasteiger partial charge in [-0.15, -0.1) is 0 Å². The van der Waals surface area contributed by atoms with Crippen molar-refractivity contribution >= 4 is 29.4 Å². The highest BCUT2D eigenvalue weighted by molar-refractivity contribution is 6.01. The van der Waals surface area contributed by atoms with Crippen molar-refractivity contribution in [2.24, 2.45) is 34.3 Å². The molecule has 0 heterocycles. The number of amides is 2. The molecule has 0 saturated heterocycles. The van der Waals surface area contributed by atoms with Crippen LogP contribution in [0.15, 0.2) is 23.8 Å². The van der Waals surface area contributed by atoms with Crippen LogP contribution in [0.3, 0.4) is 0 Å². The molecule has 1 unspecified atom stereocenters. The third kappa shape index (κ3) is 5.13. The number of carbonyl (C=O) groups is 5. The monoisotopic (exact) mass is 618 g/mol. The highest BCUT2D eigenvalue weighted by Crippen LogP contribution is 2.70. The lowest BCUT2D eigenvalue weighted by molar-refractivity contribution is -0.220. The van der Waals surface area contributed by atoms with Crippen LogP contribution in [0.4, 0.5) is 4.39 Å². The average Bonchev–Trinajstić information content (AvgIpc) is 3.14. The molecule has 0 aromatic carbocycles. The molecule has 4 rings (SSSR count). The zero-order chi connectivity index (χ0) is 32.9. The number of aliphatic hydroxyl groups excluding tert-OH is 1. The number of nitrogens with one attached hydrogen (secondary N) is 1. The molecule has 2 amide bonds. The van der Waals surface area contributed by atoms with Crippen LogP contribution < -0.4 is 11.1 Å². The van der Waals surface area contributed by atoms with Gasteiger partial charge in [0.1, 0.15) is 11.1 Å². The van der Waals surface area contributed by atoms with E-state index in [1.807, 2.05) is 6.92 Å². The highest BCUT2D eigenvalue weighted by Gasteiger charge is 2.75. The van der Waals surface area contributed by atoms with Gasteiger partial charge in [-0.25, -0.2) is 9.18 Å². The van der Waals surface area contributed by atoms with Crippen molar-refractivity contribution in [3.63, 3.8) is 0 Å². The first-order valence-electron chi connectivity index (χ1n) is 15.7. The van der Waals surface area contributed by atoms with Crippen molar-refractivity contribution in [1.29, 1.82) is 0 Å². The van der Waals surface area contributed by atoms with Crippen LogP contribution in [0.25, 0.3) is 0 Å². The molecule has 11 heteroatoms. The number of halogens is 1. The van der Waals surface area contributed by atoms with Crippen LogP contribution in [0, 0.1) is 28.6 Å². The number of primary amides is 1. The molecule has 0 aliphatic heterocycles. The third-order valence-corrected chi connectivity index (χ3v) is 11.4. The first-order chi connectivity index (χ1) is 20.4. The molecule has 0 bridgehead atoms. The lowest BCUT2D eigenvalue weighted by Gasteiger charge is -2.62. The van der Waals surface area contributed by atoms with E-state index in [1.54, 1.807) is 26.8 Å². The van der Waals surface area contributed by atoms with Gasteiger partial charge in [-0.2, -0.15) is 0 Å². The van der Waals surface area contributed by atoms with E-state index in [4.69, 9.17) is 10.5 Å². The zero-order valence-electron chi connectivity index (χ0n) is 26.4. The molecule has 9 atom stereocenters. The van der Waals surface area contributed by atoms with Gasteiger partial charge < -0.3 is 26.0 Å². The summed E-state index contributed by atoms with van der Waals surface area (Å²) in [6.07, 6.45) is 4.78. The van der Waals surface area contributed by atoms with Gasteiger partial charge in [0.2, 0.25) is 17.6 Å². The van der Waals surface area contributed by atoms with Crippen molar-refractivity contribution in [3.05, 3.63) is 23.8 Å². The molecule has 5 N–H and O–H groups in total. The Morgan fingerprint density at radius 1 is 1.20 bits per heavy atom. The number of hydrogen-bond acceptors (Lipinski definition) is 8.